The van der Waals surface area contributed by atoms with Gasteiger partial charge in [-0.05, 0) is 29.3 Å². The molecule has 6 nitrogen and oxygen atoms in total. The number of carbonyl (C=O) groups excluding carboxylic acids is 1. The highest BCUT2D eigenvalue weighted by Gasteiger charge is 2.30. The highest BCUT2D eigenvalue weighted by molar-refractivity contribution is 5.82. The van der Waals surface area contributed by atoms with E-state index in [9.17, 15) is 9.59 Å². The van der Waals surface area contributed by atoms with Gasteiger partial charge in [0.15, 0.2) is 12.7 Å². The van der Waals surface area contributed by atoms with Crippen molar-refractivity contribution in [3.63, 3.8) is 0 Å². The lowest BCUT2D eigenvalue weighted by Crippen LogP contribution is -2.38. The molecule has 1 aliphatic rings. The number of ether oxygens (including phenoxy) is 2. The predicted molar refractivity (Wildman–Crippen MR) is 90.6 cm³/mol. The van der Waals surface area contributed by atoms with E-state index in [1.807, 2.05) is 36.4 Å². The van der Waals surface area contributed by atoms with Crippen molar-refractivity contribution >= 4 is 11.9 Å². The van der Waals surface area contributed by atoms with E-state index in [-0.39, 0.29) is 12.5 Å². The Kier molecular flexibility index (Phi) is 4.88. The molecule has 130 valence electrons. The number of likely N-dealkylation sites (N-methyl/N-ethyl adjacent to an activating group) is 1. The lowest BCUT2D eigenvalue weighted by molar-refractivity contribution is -0.139. The van der Waals surface area contributed by atoms with Gasteiger partial charge in [-0.25, -0.2) is 4.79 Å². The number of carbonyl (C=O) groups is 2. The molecule has 25 heavy (non-hydrogen) atoms. The minimum atomic E-state index is -1.02. The van der Waals surface area contributed by atoms with Crippen molar-refractivity contribution in [3.8, 4) is 11.5 Å². The third-order valence-electron chi connectivity index (χ3n) is 4.00. The SMILES string of the molecule is CN(Cc1ccc(OCC(=O)O)cc1)C(=O)C1Cc2ccccc2O1. The van der Waals surface area contributed by atoms with Gasteiger partial charge in [-0.3, -0.25) is 4.79 Å². The van der Waals surface area contributed by atoms with Crippen molar-refractivity contribution in [2.45, 2.75) is 19.1 Å². The minimum Gasteiger partial charge on any atom is -0.482 e. The van der Waals surface area contributed by atoms with Gasteiger partial charge < -0.3 is 19.5 Å². The number of benzene rings is 2. The molecule has 0 saturated carbocycles. The molecule has 1 heterocycles. The monoisotopic (exact) mass is 341 g/mol. The molecule has 0 radical (unpaired) electrons. The zero-order valence-corrected chi connectivity index (χ0v) is 13.8. The number of hydrogen-bond acceptors (Lipinski definition) is 4. The van der Waals surface area contributed by atoms with Gasteiger partial charge in [-0.1, -0.05) is 30.3 Å². The average molecular weight is 341 g/mol. The Morgan fingerprint density at radius 2 is 1.92 bits per heavy atom. The number of para-hydroxylation sites is 1. The predicted octanol–water partition coefficient (Wildman–Crippen LogP) is 2.11. The fraction of sp³-hybridized carbons (Fsp3) is 0.263. The van der Waals surface area contributed by atoms with Gasteiger partial charge in [0.2, 0.25) is 0 Å². The molecule has 2 aromatic rings. The van der Waals surface area contributed by atoms with E-state index in [4.69, 9.17) is 14.6 Å². The van der Waals surface area contributed by atoms with Crippen LogP contribution in [0.25, 0.3) is 0 Å². The van der Waals surface area contributed by atoms with Gasteiger partial charge in [0.25, 0.3) is 5.91 Å². The van der Waals surface area contributed by atoms with Crippen LogP contribution in [0.1, 0.15) is 11.1 Å². The Bertz CT molecular complexity index is 747. The molecule has 0 saturated heterocycles. The summed E-state index contributed by atoms with van der Waals surface area (Å²) < 4.78 is 10.8. The average Bonchev–Trinajstić information content (AvgIpc) is 3.04. The Morgan fingerprint density at radius 1 is 1.20 bits per heavy atom. The van der Waals surface area contributed by atoms with Gasteiger partial charge in [-0.15, -0.1) is 0 Å². The summed E-state index contributed by atoms with van der Waals surface area (Å²) in [5.41, 5.74) is 1.98. The second-order valence-electron chi connectivity index (χ2n) is 5.94. The standard InChI is InChI=1S/C19H19NO5/c1-20(11-13-6-8-15(9-7-13)24-12-18(21)22)19(23)17-10-14-4-2-3-5-16(14)25-17/h2-9,17H,10-12H2,1H3,(H,21,22). The number of carboxylic acids is 1. The largest absolute Gasteiger partial charge is 0.482 e. The molecule has 1 aliphatic heterocycles. The fourth-order valence-corrected chi connectivity index (χ4v) is 2.75. The van der Waals surface area contributed by atoms with Crippen LogP contribution in [0, 0.1) is 0 Å². The first kappa shape index (κ1) is 16.8. The molecule has 1 atom stereocenters. The maximum atomic E-state index is 12.6. The highest BCUT2D eigenvalue weighted by atomic mass is 16.5. The number of aliphatic carboxylic acids is 1. The summed E-state index contributed by atoms with van der Waals surface area (Å²) in [5.74, 6) is 0.165. The van der Waals surface area contributed by atoms with E-state index in [0.29, 0.717) is 18.7 Å². The number of fused-ring (bicyclic) bond motifs is 1. The maximum absolute atomic E-state index is 12.6. The second-order valence-corrected chi connectivity index (χ2v) is 5.94. The number of rotatable bonds is 6. The van der Waals surface area contributed by atoms with Crippen LogP contribution in [-0.2, 0) is 22.6 Å². The molecule has 2 aromatic carbocycles. The second kappa shape index (κ2) is 7.25. The van der Waals surface area contributed by atoms with Crippen LogP contribution >= 0.6 is 0 Å². The lowest BCUT2D eigenvalue weighted by atomic mass is 10.1. The maximum Gasteiger partial charge on any atom is 0.341 e. The van der Waals surface area contributed by atoms with Crippen molar-refractivity contribution in [1.82, 2.24) is 4.90 Å². The smallest absolute Gasteiger partial charge is 0.341 e. The summed E-state index contributed by atoms with van der Waals surface area (Å²) in [5, 5.41) is 8.60. The first-order chi connectivity index (χ1) is 12.0. The molecule has 0 spiro atoms. The summed E-state index contributed by atoms with van der Waals surface area (Å²) in [4.78, 5) is 24.7. The highest BCUT2D eigenvalue weighted by Crippen LogP contribution is 2.29. The van der Waals surface area contributed by atoms with Crippen molar-refractivity contribution < 1.29 is 24.2 Å². The molecule has 1 amide bonds. The first-order valence-corrected chi connectivity index (χ1v) is 7.96. The van der Waals surface area contributed by atoms with Crippen LogP contribution in [0.15, 0.2) is 48.5 Å². The Labute approximate surface area is 145 Å². The molecular weight excluding hydrogens is 322 g/mol. The minimum absolute atomic E-state index is 0.0672. The third kappa shape index (κ3) is 4.09. The van der Waals surface area contributed by atoms with Gasteiger partial charge in [0.05, 0.1) is 0 Å². The van der Waals surface area contributed by atoms with E-state index >= 15 is 0 Å². The van der Waals surface area contributed by atoms with E-state index in [1.165, 1.54) is 0 Å². The molecule has 6 heteroatoms. The molecule has 0 fully saturated rings. The van der Waals surface area contributed by atoms with Crippen LogP contribution in [0.4, 0.5) is 0 Å². The fourth-order valence-electron chi connectivity index (χ4n) is 2.75. The van der Waals surface area contributed by atoms with E-state index in [0.717, 1.165) is 16.9 Å². The number of nitrogens with zero attached hydrogens (tertiary/aromatic N) is 1. The van der Waals surface area contributed by atoms with E-state index in [1.54, 1.807) is 24.1 Å². The lowest BCUT2D eigenvalue weighted by Gasteiger charge is -2.21. The van der Waals surface area contributed by atoms with Crippen LogP contribution in [-0.4, -0.2) is 41.6 Å². The molecule has 1 N–H and O–H groups in total. The first-order valence-electron chi connectivity index (χ1n) is 7.96. The number of hydrogen-bond donors (Lipinski definition) is 1. The summed E-state index contributed by atoms with van der Waals surface area (Å²) in [6, 6.07) is 14.7. The summed E-state index contributed by atoms with van der Waals surface area (Å²) in [7, 11) is 1.74. The molecule has 3 rings (SSSR count). The Hall–Kier alpha value is -3.02. The summed E-state index contributed by atoms with van der Waals surface area (Å²) in [6.07, 6.45) is 0.0991. The van der Waals surface area contributed by atoms with Crippen LogP contribution in [0.3, 0.4) is 0 Å². The Morgan fingerprint density at radius 3 is 2.60 bits per heavy atom. The van der Waals surface area contributed by atoms with Crippen LogP contribution < -0.4 is 9.47 Å². The molecule has 0 aromatic heterocycles. The van der Waals surface area contributed by atoms with Crippen molar-refractivity contribution in [2.75, 3.05) is 13.7 Å². The van der Waals surface area contributed by atoms with Crippen LogP contribution in [0.5, 0.6) is 11.5 Å². The third-order valence-corrected chi connectivity index (χ3v) is 4.00. The molecular formula is C19H19NO5. The van der Waals surface area contributed by atoms with Crippen molar-refractivity contribution in [2.24, 2.45) is 0 Å². The van der Waals surface area contributed by atoms with Crippen LogP contribution in [0.2, 0.25) is 0 Å². The normalized spacial score (nSPS) is 15.2. The van der Waals surface area contributed by atoms with Gasteiger partial charge in [-0.2, -0.15) is 0 Å². The molecule has 1 unspecified atom stereocenters. The van der Waals surface area contributed by atoms with Crippen molar-refractivity contribution in [1.29, 1.82) is 0 Å². The number of carboxylic acid groups (broad SMARTS) is 1. The topological polar surface area (TPSA) is 76.1 Å². The van der Waals surface area contributed by atoms with Crippen molar-refractivity contribution in [3.05, 3.63) is 59.7 Å². The Balaban J connectivity index is 1.56. The zero-order chi connectivity index (χ0) is 17.8. The summed E-state index contributed by atoms with van der Waals surface area (Å²) >= 11 is 0. The van der Waals surface area contributed by atoms with E-state index < -0.39 is 12.1 Å². The summed E-state index contributed by atoms with van der Waals surface area (Å²) in [6.45, 7) is 0.0611. The van der Waals surface area contributed by atoms with E-state index in [2.05, 4.69) is 0 Å². The molecule has 0 bridgehead atoms. The zero-order valence-electron chi connectivity index (χ0n) is 13.8. The molecule has 0 aliphatic carbocycles. The quantitative estimate of drug-likeness (QED) is 0.871. The van der Waals surface area contributed by atoms with Gasteiger partial charge in [0, 0.05) is 20.0 Å². The van der Waals surface area contributed by atoms with Gasteiger partial charge >= 0.3 is 5.97 Å². The van der Waals surface area contributed by atoms with Gasteiger partial charge in [0.1, 0.15) is 11.5 Å². The number of amides is 1.